The summed E-state index contributed by atoms with van der Waals surface area (Å²) in [6, 6.07) is 8.01. The van der Waals surface area contributed by atoms with E-state index in [-0.39, 0.29) is 18.9 Å². The van der Waals surface area contributed by atoms with Crippen molar-refractivity contribution in [3.8, 4) is 11.5 Å². The number of rotatable bonds is 4. The molecule has 2 aromatic rings. The Balaban J connectivity index is 1.63. The zero-order valence-electron chi connectivity index (χ0n) is 11.9. The van der Waals surface area contributed by atoms with Crippen molar-refractivity contribution in [1.29, 1.82) is 0 Å². The molecule has 8 heteroatoms. The zero-order chi connectivity index (χ0) is 16.2. The molecule has 23 heavy (non-hydrogen) atoms. The van der Waals surface area contributed by atoms with Gasteiger partial charge in [0.05, 0.1) is 11.2 Å². The van der Waals surface area contributed by atoms with Crippen molar-refractivity contribution in [3.63, 3.8) is 0 Å². The van der Waals surface area contributed by atoms with Gasteiger partial charge in [0.25, 0.3) is 11.5 Å². The summed E-state index contributed by atoms with van der Waals surface area (Å²) in [7, 11) is 0. The molecule has 1 aliphatic heterocycles. The molecule has 1 aromatic heterocycles. The van der Waals surface area contributed by atoms with Gasteiger partial charge >= 0.3 is 0 Å². The van der Waals surface area contributed by atoms with E-state index in [2.05, 4.69) is 10.5 Å². The van der Waals surface area contributed by atoms with Gasteiger partial charge in [-0.05, 0) is 23.8 Å². The van der Waals surface area contributed by atoms with Gasteiger partial charge in [0.1, 0.15) is 6.54 Å². The number of benzene rings is 1. The summed E-state index contributed by atoms with van der Waals surface area (Å²) < 4.78 is 11.7. The SMILES string of the molecule is O=C(Cn1ccccc1=O)N/N=C\c1cc(Cl)c2c(c1)OCO2. The Morgan fingerprint density at radius 1 is 1.39 bits per heavy atom. The minimum absolute atomic E-state index is 0.112. The minimum Gasteiger partial charge on any atom is -0.454 e. The van der Waals surface area contributed by atoms with Gasteiger partial charge in [-0.25, -0.2) is 5.43 Å². The predicted molar refractivity (Wildman–Crippen MR) is 84.0 cm³/mol. The van der Waals surface area contributed by atoms with E-state index in [0.29, 0.717) is 22.1 Å². The molecule has 7 nitrogen and oxygen atoms in total. The Morgan fingerprint density at radius 2 is 2.26 bits per heavy atom. The molecule has 0 spiro atoms. The van der Waals surface area contributed by atoms with E-state index in [1.807, 2.05) is 0 Å². The number of halogens is 1. The molecule has 0 radical (unpaired) electrons. The van der Waals surface area contributed by atoms with E-state index < -0.39 is 5.91 Å². The zero-order valence-corrected chi connectivity index (χ0v) is 12.6. The van der Waals surface area contributed by atoms with Crippen molar-refractivity contribution in [2.24, 2.45) is 5.10 Å². The molecule has 2 heterocycles. The molecule has 1 aromatic carbocycles. The van der Waals surface area contributed by atoms with Gasteiger partial charge in [-0.15, -0.1) is 0 Å². The molecule has 0 saturated carbocycles. The molecular weight excluding hydrogens is 322 g/mol. The summed E-state index contributed by atoms with van der Waals surface area (Å²) >= 11 is 6.05. The number of pyridine rings is 1. The maximum atomic E-state index is 11.8. The molecule has 3 rings (SSSR count). The average molecular weight is 334 g/mol. The molecule has 1 N–H and O–H groups in total. The standard InChI is InChI=1S/C15H12ClN3O4/c16-11-5-10(6-12-15(11)23-9-22-12)7-17-18-13(20)8-19-4-2-1-3-14(19)21/h1-7H,8-9H2,(H,18,20)/b17-7-. The first-order valence-corrected chi connectivity index (χ1v) is 7.08. The fourth-order valence-corrected chi connectivity index (χ4v) is 2.30. The Hall–Kier alpha value is -2.80. The summed E-state index contributed by atoms with van der Waals surface area (Å²) in [5, 5.41) is 4.25. The largest absolute Gasteiger partial charge is 0.454 e. The lowest BCUT2D eigenvalue weighted by Crippen LogP contribution is -2.28. The highest BCUT2D eigenvalue weighted by Crippen LogP contribution is 2.39. The molecule has 1 aliphatic rings. The Kier molecular flexibility index (Phi) is 4.29. The van der Waals surface area contributed by atoms with Gasteiger partial charge in [0, 0.05) is 12.3 Å². The van der Waals surface area contributed by atoms with E-state index >= 15 is 0 Å². The number of carbonyl (C=O) groups excluding carboxylic acids is 1. The Bertz CT molecular complexity index is 832. The fraction of sp³-hybridized carbons (Fsp3) is 0.133. The Labute approximate surface area is 136 Å². The smallest absolute Gasteiger partial charge is 0.260 e. The maximum absolute atomic E-state index is 11.8. The van der Waals surface area contributed by atoms with E-state index in [4.69, 9.17) is 21.1 Å². The third kappa shape index (κ3) is 3.51. The molecule has 0 saturated heterocycles. The number of hydrazone groups is 1. The first-order chi connectivity index (χ1) is 11.1. The molecule has 0 fully saturated rings. The van der Waals surface area contributed by atoms with Crippen LogP contribution >= 0.6 is 11.6 Å². The quantitative estimate of drug-likeness (QED) is 0.677. The predicted octanol–water partition coefficient (Wildman–Crippen LogP) is 1.38. The van der Waals surface area contributed by atoms with Crippen LogP contribution in [0.4, 0.5) is 0 Å². The lowest BCUT2D eigenvalue weighted by molar-refractivity contribution is -0.121. The number of hydrogen-bond donors (Lipinski definition) is 1. The third-order valence-corrected chi connectivity index (χ3v) is 3.35. The highest BCUT2D eigenvalue weighted by Gasteiger charge is 2.17. The second kappa shape index (κ2) is 6.53. The summed E-state index contributed by atoms with van der Waals surface area (Å²) in [6.45, 7) is 0.0110. The van der Waals surface area contributed by atoms with Crippen molar-refractivity contribution in [2.75, 3.05) is 6.79 Å². The summed E-state index contributed by atoms with van der Waals surface area (Å²) in [5.74, 6) is 0.610. The Morgan fingerprint density at radius 3 is 3.09 bits per heavy atom. The van der Waals surface area contributed by atoms with Crippen LogP contribution < -0.4 is 20.5 Å². The maximum Gasteiger partial charge on any atom is 0.260 e. The number of nitrogens with zero attached hydrogens (tertiary/aromatic N) is 2. The summed E-state index contributed by atoms with van der Waals surface area (Å²) in [4.78, 5) is 23.3. The van der Waals surface area contributed by atoms with E-state index in [0.717, 1.165) is 0 Å². The minimum atomic E-state index is -0.415. The van der Waals surface area contributed by atoms with Gasteiger partial charge in [-0.2, -0.15) is 5.10 Å². The number of aromatic nitrogens is 1. The normalized spacial score (nSPS) is 12.6. The van der Waals surface area contributed by atoms with Crippen LogP contribution in [0.25, 0.3) is 0 Å². The van der Waals surface area contributed by atoms with Crippen molar-refractivity contribution in [2.45, 2.75) is 6.54 Å². The lowest BCUT2D eigenvalue weighted by Gasteiger charge is -2.03. The summed E-state index contributed by atoms with van der Waals surface area (Å²) in [6.07, 6.45) is 2.96. The van der Waals surface area contributed by atoms with Crippen LogP contribution in [0.2, 0.25) is 5.02 Å². The molecule has 0 atom stereocenters. The van der Waals surface area contributed by atoms with Crippen LogP contribution in [0.1, 0.15) is 5.56 Å². The van der Waals surface area contributed by atoms with Gasteiger partial charge < -0.3 is 14.0 Å². The molecule has 1 amide bonds. The summed E-state index contributed by atoms with van der Waals surface area (Å²) in [5.41, 5.74) is 2.74. The van der Waals surface area contributed by atoms with Gasteiger partial charge in [0.15, 0.2) is 11.5 Å². The topological polar surface area (TPSA) is 81.9 Å². The van der Waals surface area contributed by atoms with Gasteiger partial charge in [-0.1, -0.05) is 17.7 Å². The lowest BCUT2D eigenvalue weighted by atomic mass is 10.2. The molecular formula is C15H12ClN3O4. The van der Waals surface area contributed by atoms with Crippen LogP contribution in [-0.4, -0.2) is 23.5 Å². The highest BCUT2D eigenvalue weighted by atomic mass is 35.5. The number of hydrogen-bond acceptors (Lipinski definition) is 5. The molecule has 0 bridgehead atoms. The van der Waals surface area contributed by atoms with Crippen LogP contribution in [0.3, 0.4) is 0 Å². The number of nitrogens with one attached hydrogen (secondary N) is 1. The van der Waals surface area contributed by atoms with Gasteiger partial charge in [-0.3, -0.25) is 9.59 Å². The van der Waals surface area contributed by atoms with E-state index in [1.165, 1.54) is 23.0 Å². The number of fused-ring (bicyclic) bond motifs is 1. The molecule has 0 unspecified atom stereocenters. The second-order valence-electron chi connectivity index (χ2n) is 4.70. The fourth-order valence-electron chi connectivity index (χ4n) is 2.02. The monoisotopic (exact) mass is 333 g/mol. The van der Waals surface area contributed by atoms with Crippen molar-refractivity contribution < 1.29 is 14.3 Å². The number of carbonyl (C=O) groups is 1. The second-order valence-corrected chi connectivity index (χ2v) is 5.10. The number of ether oxygens (including phenoxy) is 2. The number of amides is 1. The van der Waals surface area contributed by atoms with Crippen molar-refractivity contribution in [3.05, 3.63) is 57.5 Å². The third-order valence-electron chi connectivity index (χ3n) is 3.07. The van der Waals surface area contributed by atoms with Gasteiger partial charge in [0.2, 0.25) is 6.79 Å². The van der Waals surface area contributed by atoms with Crippen LogP contribution in [0.5, 0.6) is 11.5 Å². The van der Waals surface area contributed by atoms with Crippen LogP contribution in [0, 0.1) is 0 Å². The molecule has 0 aliphatic carbocycles. The average Bonchev–Trinajstić information content (AvgIpc) is 2.99. The highest BCUT2D eigenvalue weighted by molar-refractivity contribution is 6.32. The first-order valence-electron chi connectivity index (χ1n) is 6.70. The van der Waals surface area contributed by atoms with E-state index in [1.54, 1.807) is 24.3 Å². The first kappa shape index (κ1) is 15.1. The van der Waals surface area contributed by atoms with Crippen molar-refractivity contribution >= 4 is 23.7 Å². The van der Waals surface area contributed by atoms with Crippen molar-refractivity contribution in [1.82, 2.24) is 9.99 Å². The van der Waals surface area contributed by atoms with E-state index in [9.17, 15) is 9.59 Å². The molecule has 118 valence electrons. The van der Waals surface area contributed by atoms with Crippen LogP contribution in [-0.2, 0) is 11.3 Å². The van der Waals surface area contributed by atoms with Crippen LogP contribution in [0.15, 0.2) is 46.4 Å².